The molecular weight excluding hydrogens is 338 g/mol. The summed E-state index contributed by atoms with van der Waals surface area (Å²) in [5.41, 5.74) is 3.01. The molecule has 0 aliphatic carbocycles. The summed E-state index contributed by atoms with van der Waals surface area (Å²) in [4.78, 5) is 25.8. The highest BCUT2D eigenvalue weighted by molar-refractivity contribution is 5.95. The molecule has 2 aromatic heterocycles. The van der Waals surface area contributed by atoms with E-state index in [4.69, 9.17) is 0 Å². The average molecular weight is 361 g/mol. The van der Waals surface area contributed by atoms with Gasteiger partial charge in [-0.2, -0.15) is 0 Å². The zero-order valence-corrected chi connectivity index (χ0v) is 15.7. The molecule has 3 aromatic rings. The minimum absolute atomic E-state index is 0.114. The van der Waals surface area contributed by atoms with Crippen molar-refractivity contribution in [2.24, 2.45) is 0 Å². The number of aromatic nitrogens is 3. The summed E-state index contributed by atoms with van der Waals surface area (Å²) < 4.78 is 1.96. The smallest absolute Gasteiger partial charge is 0.254 e. The van der Waals surface area contributed by atoms with Crippen LogP contribution in [0, 0.1) is 13.8 Å². The Balaban J connectivity index is 1.45. The molecule has 0 N–H and O–H groups in total. The molecule has 1 amide bonds. The molecule has 1 fully saturated rings. The fraction of sp³-hybridized carbons (Fsp3) is 0.286. The number of piperazine rings is 1. The Hall–Kier alpha value is -3.15. The molecule has 1 saturated heterocycles. The van der Waals surface area contributed by atoms with Crippen molar-refractivity contribution in [1.82, 2.24) is 19.4 Å². The molecule has 0 bridgehead atoms. The predicted molar refractivity (Wildman–Crippen MR) is 105 cm³/mol. The van der Waals surface area contributed by atoms with Gasteiger partial charge >= 0.3 is 0 Å². The Morgan fingerprint density at radius 3 is 2.33 bits per heavy atom. The van der Waals surface area contributed by atoms with E-state index in [0.717, 1.165) is 35.9 Å². The van der Waals surface area contributed by atoms with E-state index in [0.29, 0.717) is 13.1 Å². The lowest BCUT2D eigenvalue weighted by Gasteiger charge is -2.35. The first-order valence-electron chi connectivity index (χ1n) is 9.19. The molecular formula is C21H23N5O. The van der Waals surface area contributed by atoms with Gasteiger partial charge in [0.2, 0.25) is 0 Å². The number of aryl methyl sites for hydroxylation is 2. The van der Waals surface area contributed by atoms with Crippen LogP contribution < -0.4 is 4.90 Å². The monoisotopic (exact) mass is 361 g/mol. The van der Waals surface area contributed by atoms with Crippen molar-refractivity contribution in [3.8, 4) is 5.82 Å². The number of nitrogens with zero attached hydrogens (tertiary/aromatic N) is 5. The Bertz CT molecular complexity index is 943. The number of benzene rings is 1. The van der Waals surface area contributed by atoms with Crippen LogP contribution in [0.2, 0.25) is 0 Å². The van der Waals surface area contributed by atoms with Crippen LogP contribution in [0.4, 0.5) is 5.82 Å². The highest BCUT2D eigenvalue weighted by Gasteiger charge is 2.24. The normalized spacial score (nSPS) is 14.4. The topological polar surface area (TPSA) is 54.3 Å². The van der Waals surface area contributed by atoms with Crippen molar-refractivity contribution in [2.75, 3.05) is 31.1 Å². The van der Waals surface area contributed by atoms with Crippen LogP contribution in [0.25, 0.3) is 5.82 Å². The number of hydrogen-bond donors (Lipinski definition) is 0. The van der Waals surface area contributed by atoms with Crippen LogP contribution in [-0.2, 0) is 0 Å². The van der Waals surface area contributed by atoms with Crippen molar-refractivity contribution in [3.05, 3.63) is 71.8 Å². The van der Waals surface area contributed by atoms with Crippen molar-refractivity contribution in [3.63, 3.8) is 0 Å². The first-order valence-corrected chi connectivity index (χ1v) is 9.19. The van der Waals surface area contributed by atoms with Crippen molar-refractivity contribution < 1.29 is 4.79 Å². The lowest BCUT2D eigenvalue weighted by atomic mass is 10.0. The van der Waals surface area contributed by atoms with E-state index in [1.807, 2.05) is 66.0 Å². The molecule has 27 heavy (non-hydrogen) atoms. The van der Waals surface area contributed by atoms with E-state index in [1.165, 1.54) is 5.56 Å². The van der Waals surface area contributed by atoms with Gasteiger partial charge in [0.25, 0.3) is 5.91 Å². The van der Waals surface area contributed by atoms with Crippen LogP contribution in [0.3, 0.4) is 0 Å². The van der Waals surface area contributed by atoms with Gasteiger partial charge in [0.1, 0.15) is 18.0 Å². The van der Waals surface area contributed by atoms with Gasteiger partial charge < -0.3 is 14.4 Å². The number of amides is 1. The van der Waals surface area contributed by atoms with E-state index in [1.54, 1.807) is 6.33 Å². The van der Waals surface area contributed by atoms with Gasteiger partial charge in [0.15, 0.2) is 0 Å². The van der Waals surface area contributed by atoms with Crippen molar-refractivity contribution in [1.29, 1.82) is 0 Å². The molecule has 4 rings (SSSR count). The summed E-state index contributed by atoms with van der Waals surface area (Å²) >= 11 is 0. The molecule has 138 valence electrons. The highest BCUT2D eigenvalue weighted by atomic mass is 16.2. The first-order chi connectivity index (χ1) is 13.1. The van der Waals surface area contributed by atoms with Gasteiger partial charge in [0.05, 0.1) is 0 Å². The van der Waals surface area contributed by atoms with Gasteiger partial charge in [-0.3, -0.25) is 4.79 Å². The minimum Gasteiger partial charge on any atom is -0.353 e. The first kappa shape index (κ1) is 17.3. The van der Waals surface area contributed by atoms with E-state index >= 15 is 0 Å². The van der Waals surface area contributed by atoms with Gasteiger partial charge in [0, 0.05) is 50.2 Å². The summed E-state index contributed by atoms with van der Waals surface area (Å²) in [6.45, 7) is 6.95. The third-order valence-corrected chi connectivity index (χ3v) is 5.01. The fourth-order valence-corrected chi connectivity index (χ4v) is 3.50. The maximum atomic E-state index is 12.9. The van der Waals surface area contributed by atoms with Gasteiger partial charge in [-0.25, -0.2) is 9.97 Å². The van der Waals surface area contributed by atoms with Gasteiger partial charge in [-0.05, 0) is 37.6 Å². The van der Waals surface area contributed by atoms with E-state index < -0.39 is 0 Å². The number of rotatable bonds is 3. The number of carbonyl (C=O) groups is 1. The summed E-state index contributed by atoms with van der Waals surface area (Å²) in [6, 6.07) is 11.9. The Morgan fingerprint density at radius 1 is 0.926 bits per heavy atom. The van der Waals surface area contributed by atoms with Crippen LogP contribution >= 0.6 is 0 Å². The second kappa shape index (κ2) is 7.23. The largest absolute Gasteiger partial charge is 0.353 e. The van der Waals surface area contributed by atoms with Gasteiger partial charge in [-0.1, -0.05) is 17.7 Å². The highest BCUT2D eigenvalue weighted by Crippen LogP contribution is 2.18. The fourth-order valence-electron chi connectivity index (χ4n) is 3.50. The maximum Gasteiger partial charge on any atom is 0.254 e. The van der Waals surface area contributed by atoms with Gasteiger partial charge in [-0.15, -0.1) is 0 Å². The molecule has 0 atom stereocenters. The van der Waals surface area contributed by atoms with E-state index in [9.17, 15) is 4.79 Å². The lowest BCUT2D eigenvalue weighted by Crippen LogP contribution is -2.49. The minimum atomic E-state index is 0.114. The molecule has 0 unspecified atom stereocenters. The zero-order chi connectivity index (χ0) is 18.8. The summed E-state index contributed by atoms with van der Waals surface area (Å²) in [6.07, 6.45) is 5.52. The second-order valence-electron chi connectivity index (χ2n) is 6.92. The molecule has 3 heterocycles. The number of carbonyl (C=O) groups excluding carboxylic acids is 1. The Morgan fingerprint density at radius 2 is 1.63 bits per heavy atom. The number of hydrogen-bond acceptors (Lipinski definition) is 4. The van der Waals surface area contributed by atoms with Crippen LogP contribution in [0.5, 0.6) is 0 Å². The summed E-state index contributed by atoms with van der Waals surface area (Å²) in [5.74, 6) is 1.86. The summed E-state index contributed by atoms with van der Waals surface area (Å²) in [7, 11) is 0. The van der Waals surface area contributed by atoms with E-state index in [-0.39, 0.29) is 5.91 Å². The third kappa shape index (κ3) is 3.56. The van der Waals surface area contributed by atoms with E-state index in [2.05, 4.69) is 20.9 Å². The average Bonchev–Trinajstić information content (AvgIpc) is 3.23. The standard InChI is InChI=1S/C21H23N5O/c1-16-5-6-18(17(2)13-16)21(27)26-11-9-25(10-12-26)20-14-19(22-15-23-20)24-7-3-4-8-24/h3-8,13-15H,9-12H2,1-2H3. The third-order valence-electron chi connectivity index (χ3n) is 5.01. The molecule has 6 heteroatoms. The van der Waals surface area contributed by atoms with Crippen LogP contribution in [0.15, 0.2) is 55.1 Å². The molecule has 0 spiro atoms. The quantitative estimate of drug-likeness (QED) is 0.720. The maximum absolute atomic E-state index is 12.9. The molecule has 0 radical (unpaired) electrons. The molecule has 1 aliphatic rings. The number of anilines is 1. The lowest BCUT2D eigenvalue weighted by molar-refractivity contribution is 0.0746. The molecule has 6 nitrogen and oxygen atoms in total. The van der Waals surface area contributed by atoms with Crippen molar-refractivity contribution in [2.45, 2.75) is 13.8 Å². The predicted octanol–water partition coefficient (Wildman–Crippen LogP) is 2.85. The molecule has 0 saturated carbocycles. The summed E-state index contributed by atoms with van der Waals surface area (Å²) in [5, 5.41) is 0. The van der Waals surface area contributed by atoms with Crippen LogP contribution in [0.1, 0.15) is 21.5 Å². The SMILES string of the molecule is Cc1ccc(C(=O)N2CCN(c3cc(-n4cccc4)ncn3)CC2)c(C)c1. The second-order valence-corrected chi connectivity index (χ2v) is 6.92. The van der Waals surface area contributed by atoms with Crippen LogP contribution in [-0.4, -0.2) is 51.5 Å². The Kier molecular flexibility index (Phi) is 4.62. The zero-order valence-electron chi connectivity index (χ0n) is 15.7. The van der Waals surface area contributed by atoms with Crippen molar-refractivity contribution >= 4 is 11.7 Å². The molecule has 1 aromatic carbocycles. The Labute approximate surface area is 159 Å². The molecule has 1 aliphatic heterocycles.